The van der Waals surface area contributed by atoms with Gasteiger partial charge in [-0.25, -0.2) is 0 Å². The molecule has 3 heterocycles. The summed E-state index contributed by atoms with van der Waals surface area (Å²) in [6, 6.07) is -1.55. The maximum atomic E-state index is 14.4. The van der Waals surface area contributed by atoms with Crippen molar-refractivity contribution in [2.75, 3.05) is 26.2 Å². The zero-order valence-corrected chi connectivity index (χ0v) is 23.6. The Bertz CT molecular complexity index is 908. The molecule has 3 fully saturated rings. The lowest BCUT2D eigenvalue weighted by molar-refractivity contribution is -0.158. The molecule has 3 rings (SSSR count). The van der Waals surface area contributed by atoms with Gasteiger partial charge < -0.3 is 24.5 Å². The van der Waals surface area contributed by atoms with Gasteiger partial charge in [0.25, 0.3) is 0 Å². The van der Waals surface area contributed by atoms with Crippen LogP contribution in [0.1, 0.15) is 67.2 Å². The van der Waals surface area contributed by atoms with Crippen molar-refractivity contribution in [1.29, 1.82) is 0 Å². The number of hydrogen-bond donors (Lipinski definition) is 1. The number of amides is 3. The minimum absolute atomic E-state index is 0.0293. The molecule has 0 aromatic rings. The minimum Gasteiger partial charge on any atom is -0.394 e. The van der Waals surface area contributed by atoms with Crippen molar-refractivity contribution in [3.63, 3.8) is 0 Å². The van der Waals surface area contributed by atoms with E-state index in [1.807, 2.05) is 27.7 Å². The molecule has 37 heavy (non-hydrogen) atoms. The van der Waals surface area contributed by atoms with Gasteiger partial charge in [0, 0.05) is 25.7 Å². The molecule has 0 aromatic heterocycles. The Labute approximate surface area is 222 Å². The summed E-state index contributed by atoms with van der Waals surface area (Å²) in [5, 5.41) is 10.1. The summed E-state index contributed by atoms with van der Waals surface area (Å²) in [6.45, 7) is 20.5. The second-order valence-electron chi connectivity index (χ2n) is 11.5. The summed E-state index contributed by atoms with van der Waals surface area (Å²) in [4.78, 5) is 47.7. The Morgan fingerprint density at radius 3 is 2.38 bits per heavy atom. The predicted octanol–water partition coefficient (Wildman–Crippen LogP) is 3.01. The van der Waals surface area contributed by atoms with E-state index in [2.05, 4.69) is 20.1 Å². The smallest absolute Gasteiger partial charge is 0.248 e. The molecule has 0 radical (unpaired) electrons. The van der Waals surface area contributed by atoms with E-state index in [-0.39, 0.29) is 36.3 Å². The van der Waals surface area contributed by atoms with Crippen molar-refractivity contribution in [2.24, 2.45) is 17.8 Å². The Balaban J connectivity index is 2.15. The lowest BCUT2D eigenvalue weighted by Crippen LogP contribution is -2.59. The van der Waals surface area contributed by atoms with E-state index in [1.165, 1.54) is 4.90 Å². The summed E-state index contributed by atoms with van der Waals surface area (Å²) >= 11 is 0. The Morgan fingerprint density at radius 1 is 1.19 bits per heavy atom. The molecule has 3 amide bonds. The molecule has 0 aliphatic carbocycles. The molecule has 3 aliphatic heterocycles. The highest BCUT2D eigenvalue weighted by atomic mass is 16.5. The van der Waals surface area contributed by atoms with Gasteiger partial charge in [-0.05, 0) is 46.0 Å². The Hall–Kier alpha value is -2.19. The van der Waals surface area contributed by atoms with Gasteiger partial charge in [-0.15, -0.1) is 13.2 Å². The molecule has 1 N–H and O–H groups in total. The highest BCUT2D eigenvalue weighted by Crippen LogP contribution is 2.65. The number of fused-ring (bicyclic) bond motifs is 1. The molecule has 4 unspecified atom stereocenters. The molecule has 8 nitrogen and oxygen atoms in total. The predicted molar refractivity (Wildman–Crippen MR) is 144 cm³/mol. The van der Waals surface area contributed by atoms with Gasteiger partial charge >= 0.3 is 0 Å². The molecule has 3 aliphatic rings. The number of carbonyl (C=O) groups excluding carboxylic acids is 3. The summed E-state index contributed by atoms with van der Waals surface area (Å²) < 4.78 is 6.83. The SMILES string of the molecule is C=CCN(CCC)C(=O)[C@@H]1[C@H]2C(=O)N([C@H](C)CO)C(C(=O)N(CC=C)C(C)CCC)C23CC(C)[C@@]1(C)O3. The van der Waals surface area contributed by atoms with Gasteiger partial charge in [0.2, 0.25) is 17.7 Å². The second kappa shape index (κ2) is 11.3. The highest BCUT2D eigenvalue weighted by molar-refractivity contribution is 5.99. The summed E-state index contributed by atoms with van der Waals surface area (Å²) in [6.07, 6.45) is 6.42. The van der Waals surface area contributed by atoms with Gasteiger partial charge in [0.1, 0.15) is 11.6 Å². The maximum absolute atomic E-state index is 14.4. The Morgan fingerprint density at radius 2 is 1.84 bits per heavy atom. The van der Waals surface area contributed by atoms with Crippen LogP contribution in [0, 0.1) is 17.8 Å². The van der Waals surface area contributed by atoms with Crippen LogP contribution in [0.2, 0.25) is 0 Å². The maximum Gasteiger partial charge on any atom is 0.248 e. The topological polar surface area (TPSA) is 90.4 Å². The fourth-order valence-corrected chi connectivity index (χ4v) is 7.16. The van der Waals surface area contributed by atoms with E-state index in [9.17, 15) is 19.5 Å². The molecule has 1 spiro atoms. The summed E-state index contributed by atoms with van der Waals surface area (Å²) in [7, 11) is 0. The lowest BCUT2D eigenvalue weighted by atomic mass is 9.62. The zero-order valence-electron chi connectivity index (χ0n) is 23.6. The van der Waals surface area contributed by atoms with Crippen molar-refractivity contribution >= 4 is 17.7 Å². The van der Waals surface area contributed by atoms with E-state index in [4.69, 9.17) is 4.74 Å². The van der Waals surface area contributed by atoms with E-state index in [0.29, 0.717) is 26.1 Å². The first-order valence-corrected chi connectivity index (χ1v) is 13.9. The molecule has 8 atom stereocenters. The van der Waals surface area contributed by atoms with Crippen LogP contribution in [0.15, 0.2) is 25.3 Å². The molecule has 2 bridgehead atoms. The third-order valence-corrected chi connectivity index (χ3v) is 8.99. The first-order valence-electron chi connectivity index (χ1n) is 13.9. The van der Waals surface area contributed by atoms with Crippen LogP contribution in [0.5, 0.6) is 0 Å². The number of aliphatic hydroxyl groups excluding tert-OH is 1. The van der Waals surface area contributed by atoms with Crippen molar-refractivity contribution in [1.82, 2.24) is 14.7 Å². The third-order valence-electron chi connectivity index (χ3n) is 8.99. The average Bonchev–Trinajstić information content (AvgIpc) is 3.37. The fourth-order valence-electron chi connectivity index (χ4n) is 7.16. The molecule has 208 valence electrons. The second-order valence-corrected chi connectivity index (χ2v) is 11.5. The van der Waals surface area contributed by atoms with Crippen LogP contribution in [0.4, 0.5) is 0 Å². The first kappa shape index (κ1) is 29.4. The molecule has 3 saturated heterocycles. The quantitative estimate of drug-likeness (QED) is 0.379. The molecule has 0 aromatic carbocycles. The van der Waals surface area contributed by atoms with Crippen LogP contribution >= 0.6 is 0 Å². The van der Waals surface area contributed by atoms with E-state index < -0.39 is 35.1 Å². The monoisotopic (exact) mass is 517 g/mol. The first-order chi connectivity index (χ1) is 17.5. The number of nitrogens with zero attached hydrogens (tertiary/aromatic N) is 3. The van der Waals surface area contributed by atoms with Gasteiger partial charge in [0.15, 0.2) is 0 Å². The van der Waals surface area contributed by atoms with Gasteiger partial charge in [-0.1, -0.05) is 39.3 Å². The largest absolute Gasteiger partial charge is 0.394 e. The molecular formula is C29H47N3O5. The van der Waals surface area contributed by atoms with E-state index >= 15 is 0 Å². The number of hydrogen-bond acceptors (Lipinski definition) is 5. The molecule has 8 heteroatoms. The zero-order chi connectivity index (χ0) is 27.7. The summed E-state index contributed by atoms with van der Waals surface area (Å²) in [5.41, 5.74) is -1.99. The van der Waals surface area contributed by atoms with Crippen molar-refractivity contribution in [3.8, 4) is 0 Å². The van der Waals surface area contributed by atoms with Gasteiger partial charge in [0.05, 0.1) is 30.1 Å². The van der Waals surface area contributed by atoms with Crippen LogP contribution in [0.3, 0.4) is 0 Å². The van der Waals surface area contributed by atoms with Crippen LogP contribution < -0.4 is 0 Å². The number of ether oxygens (including phenoxy) is 1. The highest BCUT2D eigenvalue weighted by Gasteiger charge is 2.80. The van der Waals surface area contributed by atoms with E-state index in [0.717, 1.165) is 19.3 Å². The van der Waals surface area contributed by atoms with Crippen LogP contribution in [-0.4, -0.2) is 93.1 Å². The minimum atomic E-state index is -1.12. The average molecular weight is 518 g/mol. The lowest BCUT2D eigenvalue weighted by Gasteiger charge is -2.40. The van der Waals surface area contributed by atoms with Crippen LogP contribution in [0.25, 0.3) is 0 Å². The Kier molecular flexibility index (Phi) is 8.95. The third kappa shape index (κ3) is 4.54. The summed E-state index contributed by atoms with van der Waals surface area (Å²) in [5.74, 6) is -2.10. The normalized spacial score (nSPS) is 33.7. The number of carbonyl (C=O) groups is 3. The van der Waals surface area contributed by atoms with E-state index in [1.54, 1.807) is 28.9 Å². The number of rotatable bonds is 13. The molecule has 0 saturated carbocycles. The van der Waals surface area contributed by atoms with Crippen molar-refractivity contribution < 1.29 is 24.2 Å². The fraction of sp³-hybridized carbons (Fsp3) is 0.759. The standard InChI is InChI=1S/C29H47N3O5/c1-9-13-20(6)31(16-12-4)27(36)24-29-17-19(5)28(8,37-29)22(25(34)30(14-10-2)15-11-3)23(29)26(35)32(24)21(7)18-33/h10,12,19-24,33H,2,4,9,11,13-18H2,1,3,5-8H3/t19?,20?,21-,22+,23+,24?,28-,29?/m1/s1. The van der Waals surface area contributed by atoms with Gasteiger partial charge in [-0.2, -0.15) is 0 Å². The molecular weight excluding hydrogens is 470 g/mol. The van der Waals surface area contributed by atoms with Gasteiger partial charge in [-0.3, -0.25) is 14.4 Å². The number of likely N-dealkylation sites (tertiary alicyclic amines) is 1. The number of aliphatic hydroxyl groups is 1. The van der Waals surface area contributed by atoms with Crippen LogP contribution in [-0.2, 0) is 19.1 Å². The van der Waals surface area contributed by atoms with Crippen molar-refractivity contribution in [3.05, 3.63) is 25.3 Å². The van der Waals surface area contributed by atoms with Crippen molar-refractivity contribution in [2.45, 2.75) is 96.6 Å².